The van der Waals surface area contributed by atoms with Crippen LogP contribution in [0, 0.1) is 0 Å². The van der Waals surface area contributed by atoms with Crippen molar-refractivity contribution in [3.63, 3.8) is 0 Å². The first kappa shape index (κ1) is 26.8. The smallest absolute Gasteiger partial charge is 0.320 e. The van der Waals surface area contributed by atoms with Crippen molar-refractivity contribution in [2.24, 2.45) is 11.5 Å². The number of hydrogen-bond donors (Lipinski definition) is 4. The van der Waals surface area contributed by atoms with Gasteiger partial charge in [0.15, 0.2) is 0 Å². The van der Waals surface area contributed by atoms with Crippen LogP contribution < -0.4 is 17.2 Å². The number of carbonyl (C=O) groups excluding carboxylic acids is 1. The second-order valence-corrected chi connectivity index (χ2v) is 7.32. The third-order valence-electron chi connectivity index (χ3n) is 4.31. The maximum absolute atomic E-state index is 10.5. The van der Waals surface area contributed by atoms with Crippen LogP contribution in [0.1, 0.15) is 29.6 Å². The number of rotatable bonds is 7. The molecule has 0 aliphatic heterocycles. The summed E-state index contributed by atoms with van der Waals surface area (Å²) in [5.74, 6) is -0.933. The molecule has 1 atom stereocenters. The van der Waals surface area contributed by atoms with Crippen LogP contribution >= 0.6 is 11.6 Å². The summed E-state index contributed by atoms with van der Waals surface area (Å²) in [4.78, 5) is 20.6. The third-order valence-corrected chi connectivity index (χ3v) is 4.56. The Morgan fingerprint density at radius 2 is 1.47 bits per heavy atom. The predicted molar refractivity (Wildman–Crippen MR) is 132 cm³/mol. The fourth-order valence-corrected chi connectivity index (χ4v) is 2.61. The van der Waals surface area contributed by atoms with Crippen LogP contribution in [-0.2, 0) is 4.79 Å². The molecular formula is C25H30ClN3O3. The summed E-state index contributed by atoms with van der Waals surface area (Å²) in [5.41, 5.74) is 19.6. The average Bonchev–Trinajstić information content (AvgIpc) is 2.82. The molecule has 0 aromatic heterocycles. The van der Waals surface area contributed by atoms with Crippen LogP contribution in [0.5, 0.6) is 0 Å². The van der Waals surface area contributed by atoms with Crippen molar-refractivity contribution in [1.82, 2.24) is 0 Å². The second kappa shape index (κ2) is 15.6. The normalized spacial score (nSPS) is 10.6. The highest BCUT2D eigenvalue weighted by molar-refractivity contribution is 6.30. The number of nitrogen functional groups attached to an aromatic ring is 1. The molecule has 0 unspecified atom stereocenters. The van der Waals surface area contributed by atoms with Crippen LogP contribution in [0.15, 0.2) is 78.9 Å². The summed E-state index contributed by atoms with van der Waals surface area (Å²) < 4.78 is 0. The molecule has 3 aromatic carbocycles. The zero-order valence-electron chi connectivity index (χ0n) is 17.9. The molecule has 7 N–H and O–H groups in total. The highest BCUT2D eigenvalue weighted by atomic mass is 35.5. The minimum absolute atomic E-state index is 0.520. The van der Waals surface area contributed by atoms with Gasteiger partial charge in [-0.15, -0.1) is 0 Å². The molecule has 3 rings (SSSR count). The minimum Gasteiger partial charge on any atom is -0.480 e. The van der Waals surface area contributed by atoms with E-state index in [1.54, 1.807) is 24.3 Å². The van der Waals surface area contributed by atoms with Gasteiger partial charge in [0, 0.05) is 16.3 Å². The lowest BCUT2D eigenvalue weighted by atomic mass is 10.0. The molecular weight excluding hydrogens is 426 g/mol. The standard InChI is InChI=1S/C13H10O.C6H6ClN.C6H14N2O2/c14-10-11-6-8-13(9-7-11)12-4-2-1-3-5-12;7-5-1-3-6(8)4-2-5;7-4-2-1-3-5(8)6(9)10/h1-10H;1-4H,8H2;5H,1-4,7-8H2,(H,9,10)/t;;5-/m..0/s1. The first-order valence-electron chi connectivity index (χ1n) is 10.2. The van der Waals surface area contributed by atoms with E-state index in [2.05, 4.69) is 12.1 Å². The molecule has 0 fully saturated rings. The van der Waals surface area contributed by atoms with Crippen LogP contribution in [0.2, 0.25) is 5.02 Å². The van der Waals surface area contributed by atoms with Gasteiger partial charge < -0.3 is 22.3 Å². The molecule has 0 amide bonds. The summed E-state index contributed by atoms with van der Waals surface area (Å²) in [7, 11) is 0. The molecule has 32 heavy (non-hydrogen) atoms. The van der Waals surface area contributed by atoms with Crippen molar-refractivity contribution in [2.45, 2.75) is 25.3 Å². The van der Waals surface area contributed by atoms with Crippen molar-refractivity contribution in [3.05, 3.63) is 89.4 Å². The Kier molecular flexibility index (Phi) is 13.1. The molecule has 7 heteroatoms. The number of unbranched alkanes of at least 4 members (excludes halogenated alkanes) is 1. The lowest BCUT2D eigenvalue weighted by Gasteiger charge is -2.03. The van der Waals surface area contributed by atoms with Crippen molar-refractivity contribution in [3.8, 4) is 11.1 Å². The second-order valence-electron chi connectivity index (χ2n) is 6.89. The topological polar surface area (TPSA) is 132 Å². The van der Waals surface area contributed by atoms with Gasteiger partial charge in [0.1, 0.15) is 12.3 Å². The number of aldehydes is 1. The first-order chi connectivity index (χ1) is 15.4. The van der Waals surface area contributed by atoms with Crippen molar-refractivity contribution < 1.29 is 14.7 Å². The Labute approximate surface area is 194 Å². The number of carboxylic acids is 1. The van der Waals surface area contributed by atoms with Gasteiger partial charge in [0.05, 0.1) is 0 Å². The third kappa shape index (κ3) is 11.3. The van der Waals surface area contributed by atoms with E-state index in [4.69, 9.17) is 33.9 Å². The largest absolute Gasteiger partial charge is 0.480 e. The van der Waals surface area contributed by atoms with Gasteiger partial charge in [-0.2, -0.15) is 0 Å². The van der Waals surface area contributed by atoms with E-state index in [1.807, 2.05) is 42.5 Å². The van der Waals surface area contributed by atoms with E-state index in [9.17, 15) is 9.59 Å². The molecule has 6 nitrogen and oxygen atoms in total. The predicted octanol–water partition coefficient (Wildman–Crippen LogP) is 4.62. The zero-order chi connectivity index (χ0) is 23.8. The van der Waals surface area contributed by atoms with E-state index in [-0.39, 0.29) is 0 Å². The number of hydrogen-bond acceptors (Lipinski definition) is 5. The van der Waals surface area contributed by atoms with E-state index in [0.717, 1.165) is 35.4 Å². The quantitative estimate of drug-likeness (QED) is 0.233. The Balaban J connectivity index is 0.000000252. The molecule has 0 saturated heterocycles. The summed E-state index contributed by atoms with van der Waals surface area (Å²) in [6, 6.07) is 24.0. The van der Waals surface area contributed by atoms with Gasteiger partial charge in [-0.3, -0.25) is 9.59 Å². The Morgan fingerprint density at radius 3 is 1.94 bits per heavy atom. The summed E-state index contributed by atoms with van der Waals surface area (Å²) in [6.45, 7) is 0.604. The molecule has 170 valence electrons. The molecule has 0 saturated carbocycles. The highest BCUT2D eigenvalue weighted by Crippen LogP contribution is 2.18. The highest BCUT2D eigenvalue weighted by Gasteiger charge is 2.09. The lowest BCUT2D eigenvalue weighted by molar-refractivity contribution is -0.138. The van der Waals surface area contributed by atoms with Gasteiger partial charge in [-0.25, -0.2) is 0 Å². The number of anilines is 1. The number of carbonyl (C=O) groups is 2. The average molecular weight is 456 g/mol. The van der Waals surface area contributed by atoms with Crippen LogP contribution in [0.25, 0.3) is 11.1 Å². The number of halogens is 1. The number of carboxylic acid groups (broad SMARTS) is 1. The van der Waals surface area contributed by atoms with E-state index >= 15 is 0 Å². The molecule has 3 aromatic rings. The number of benzene rings is 3. The summed E-state index contributed by atoms with van der Waals surface area (Å²) in [5, 5.41) is 9.05. The SMILES string of the molecule is NCCCC[C@H](N)C(=O)O.Nc1ccc(Cl)cc1.O=Cc1ccc(-c2ccccc2)cc1. The van der Waals surface area contributed by atoms with Gasteiger partial charge in [-0.1, -0.05) is 72.6 Å². The van der Waals surface area contributed by atoms with Crippen LogP contribution in [0.4, 0.5) is 5.69 Å². The number of aliphatic carboxylic acids is 1. The monoisotopic (exact) mass is 455 g/mol. The first-order valence-corrected chi connectivity index (χ1v) is 10.5. The fourth-order valence-electron chi connectivity index (χ4n) is 2.48. The van der Waals surface area contributed by atoms with Crippen LogP contribution in [-0.4, -0.2) is 29.9 Å². The zero-order valence-corrected chi connectivity index (χ0v) is 18.6. The van der Waals surface area contributed by atoms with E-state index < -0.39 is 12.0 Å². The molecule has 0 radical (unpaired) electrons. The Morgan fingerprint density at radius 1 is 0.906 bits per heavy atom. The van der Waals surface area contributed by atoms with Gasteiger partial charge in [-0.05, 0) is 54.8 Å². The van der Waals surface area contributed by atoms with Crippen LogP contribution in [0.3, 0.4) is 0 Å². The maximum Gasteiger partial charge on any atom is 0.320 e. The van der Waals surface area contributed by atoms with E-state index in [1.165, 1.54) is 5.56 Å². The fraction of sp³-hybridized carbons (Fsp3) is 0.200. The van der Waals surface area contributed by atoms with Gasteiger partial charge in [0.25, 0.3) is 0 Å². The Bertz CT molecular complexity index is 896. The van der Waals surface area contributed by atoms with Gasteiger partial charge in [0.2, 0.25) is 0 Å². The summed E-state index contributed by atoms with van der Waals surface area (Å²) >= 11 is 5.56. The molecule has 0 aliphatic carbocycles. The minimum atomic E-state index is -0.933. The summed E-state index contributed by atoms with van der Waals surface area (Å²) in [6.07, 6.45) is 3.02. The molecule has 0 bridgehead atoms. The van der Waals surface area contributed by atoms with Crippen molar-refractivity contribution in [1.29, 1.82) is 0 Å². The molecule has 0 heterocycles. The lowest BCUT2D eigenvalue weighted by Crippen LogP contribution is -2.29. The van der Waals surface area contributed by atoms with Crippen molar-refractivity contribution in [2.75, 3.05) is 12.3 Å². The maximum atomic E-state index is 10.5. The van der Waals surface area contributed by atoms with Gasteiger partial charge >= 0.3 is 5.97 Å². The van der Waals surface area contributed by atoms with Crippen molar-refractivity contribution >= 4 is 29.5 Å². The van der Waals surface area contributed by atoms with E-state index in [0.29, 0.717) is 18.5 Å². The Hall–Kier alpha value is -3.19. The molecule has 0 aliphatic rings. The number of nitrogens with two attached hydrogens (primary N) is 3. The molecule has 0 spiro atoms.